The normalized spacial score (nSPS) is 12.2. The molecule has 4 nitrogen and oxygen atoms in total. The van der Waals surface area contributed by atoms with E-state index in [0.717, 1.165) is 6.42 Å². The Morgan fingerprint density at radius 3 is 2.77 bits per heavy atom. The summed E-state index contributed by atoms with van der Waals surface area (Å²) < 4.78 is 19.7. The van der Waals surface area contributed by atoms with Crippen molar-refractivity contribution in [1.82, 2.24) is 5.32 Å². The van der Waals surface area contributed by atoms with Gasteiger partial charge >= 0.3 is 5.97 Å². The Morgan fingerprint density at radius 1 is 1.41 bits per heavy atom. The van der Waals surface area contributed by atoms with E-state index in [0.29, 0.717) is 27.1 Å². The number of benzene rings is 1. The summed E-state index contributed by atoms with van der Waals surface area (Å²) in [4.78, 5) is 24.3. The van der Waals surface area contributed by atoms with Crippen LogP contribution in [0.2, 0.25) is 0 Å². The number of hydrogen-bond acceptors (Lipinski definition) is 4. The van der Waals surface area contributed by atoms with Gasteiger partial charge in [0.2, 0.25) is 0 Å². The third-order valence-electron chi connectivity index (χ3n) is 3.29. The first-order chi connectivity index (χ1) is 10.5. The number of rotatable bonds is 5. The Bertz CT molecular complexity index is 711. The molecule has 1 heterocycles. The average Bonchev–Trinajstić information content (AvgIpc) is 2.83. The molecule has 6 heteroatoms. The third-order valence-corrected chi connectivity index (χ3v) is 4.53. The van der Waals surface area contributed by atoms with Crippen molar-refractivity contribution in [3.8, 4) is 0 Å². The third kappa shape index (κ3) is 3.27. The number of thiophene rings is 1. The van der Waals surface area contributed by atoms with Gasteiger partial charge in [0, 0.05) is 16.6 Å². The Balaban J connectivity index is 2.18. The average molecular weight is 323 g/mol. The van der Waals surface area contributed by atoms with E-state index in [1.165, 1.54) is 24.3 Å². The predicted molar refractivity (Wildman–Crippen MR) is 84.7 cm³/mol. The molecule has 0 fully saturated rings. The highest BCUT2D eigenvalue weighted by Gasteiger charge is 2.23. The summed E-state index contributed by atoms with van der Waals surface area (Å²) in [6.45, 7) is 5.67. The predicted octanol–water partition coefficient (Wildman–Crippen LogP) is 3.42. The molecule has 0 spiro atoms. The lowest BCUT2D eigenvalue weighted by Gasteiger charge is -2.12. The first-order valence-electron chi connectivity index (χ1n) is 7.12. The van der Waals surface area contributed by atoms with E-state index >= 15 is 0 Å². The fourth-order valence-electron chi connectivity index (χ4n) is 2.11. The highest BCUT2D eigenvalue weighted by molar-refractivity contribution is 7.21. The molecular formula is C16H18FNO3S. The van der Waals surface area contributed by atoms with Gasteiger partial charge < -0.3 is 10.1 Å². The van der Waals surface area contributed by atoms with Gasteiger partial charge in [-0.1, -0.05) is 13.0 Å². The maximum absolute atomic E-state index is 13.8. The minimum absolute atomic E-state index is 0.329. The van der Waals surface area contributed by atoms with Crippen molar-refractivity contribution in [2.75, 3.05) is 6.54 Å². The largest absolute Gasteiger partial charge is 0.448 e. The topological polar surface area (TPSA) is 55.4 Å². The lowest BCUT2D eigenvalue weighted by atomic mass is 10.1. The summed E-state index contributed by atoms with van der Waals surface area (Å²) in [6, 6.07) is 4.71. The van der Waals surface area contributed by atoms with E-state index in [1.54, 1.807) is 19.1 Å². The van der Waals surface area contributed by atoms with Crippen molar-refractivity contribution in [2.45, 2.75) is 33.3 Å². The molecule has 1 N–H and O–H groups in total. The molecule has 0 aliphatic carbocycles. The van der Waals surface area contributed by atoms with Crippen molar-refractivity contribution in [1.29, 1.82) is 0 Å². The zero-order chi connectivity index (χ0) is 16.3. The molecule has 1 aromatic carbocycles. The van der Waals surface area contributed by atoms with Crippen LogP contribution < -0.4 is 5.32 Å². The van der Waals surface area contributed by atoms with E-state index < -0.39 is 12.1 Å². The molecule has 0 aliphatic rings. The number of amides is 1. The van der Waals surface area contributed by atoms with E-state index in [-0.39, 0.29) is 11.7 Å². The molecule has 0 bridgehead atoms. The van der Waals surface area contributed by atoms with Crippen molar-refractivity contribution < 1.29 is 18.7 Å². The van der Waals surface area contributed by atoms with Crippen molar-refractivity contribution in [3.63, 3.8) is 0 Å². The van der Waals surface area contributed by atoms with Gasteiger partial charge in [-0.05, 0) is 38.0 Å². The van der Waals surface area contributed by atoms with Crippen LogP contribution in [0.5, 0.6) is 0 Å². The Hall–Kier alpha value is -1.95. The van der Waals surface area contributed by atoms with Gasteiger partial charge in [-0.15, -0.1) is 11.3 Å². The minimum Gasteiger partial charge on any atom is -0.448 e. The Morgan fingerprint density at radius 2 is 2.14 bits per heavy atom. The van der Waals surface area contributed by atoms with E-state index in [4.69, 9.17) is 4.74 Å². The quantitative estimate of drug-likeness (QED) is 0.858. The molecule has 1 amide bonds. The summed E-state index contributed by atoms with van der Waals surface area (Å²) in [5.74, 6) is -1.29. The first kappa shape index (κ1) is 16.4. The number of fused-ring (bicyclic) bond motifs is 1. The molecule has 2 rings (SSSR count). The standard InChI is InChI=1S/C16H18FNO3S/c1-4-8-18-15(19)10(3)21-16(20)14-9(2)13-11(17)6-5-7-12(13)22-14/h5-7,10H,4,8H2,1-3H3,(H,18,19)/t10-/m1/s1. The smallest absolute Gasteiger partial charge is 0.349 e. The fraction of sp³-hybridized carbons (Fsp3) is 0.375. The molecule has 1 atom stereocenters. The molecule has 2 aromatic rings. The lowest BCUT2D eigenvalue weighted by Crippen LogP contribution is -2.36. The van der Waals surface area contributed by atoms with E-state index in [1.807, 2.05) is 6.92 Å². The lowest BCUT2D eigenvalue weighted by molar-refractivity contribution is -0.129. The highest BCUT2D eigenvalue weighted by Crippen LogP contribution is 2.33. The second-order valence-electron chi connectivity index (χ2n) is 5.01. The van der Waals surface area contributed by atoms with Crippen LogP contribution in [-0.2, 0) is 9.53 Å². The zero-order valence-corrected chi connectivity index (χ0v) is 13.6. The molecule has 0 radical (unpaired) electrons. The van der Waals surface area contributed by atoms with Crippen LogP contribution in [0.15, 0.2) is 18.2 Å². The summed E-state index contributed by atoms with van der Waals surface area (Å²) in [7, 11) is 0. The fourth-order valence-corrected chi connectivity index (χ4v) is 3.21. The molecule has 0 saturated heterocycles. The van der Waals surface area contributed by atoms with Crippen LogP contribution in [0.25, 0.3) is 10.1 Å². The van der Waals surface area contributed by atoms with Crippen molar-refractivity contribution in [3.05, 3.63) is 34.5 Å². The van der Waals surface area contributed by atoms with Crippen LogP contribution >= 0.6 is 11.3 Å². The van der Waals surface area contributed by atoms with Crippen molar-refractivity contribution in [2.24, 2.45) is 0 Å². The van der Waals surface area contributed by atoms with Gasteiger partial charge in [0.05, 0.1) is 0 Å². The van der Waals surface area contributed by atoms with Crippen LogP contribution in [-0.4, -0.2) is 24.5 Å². The number of esters is 1. The van der Waals surface area contributed by atoms with Gasteiger partial charge in [-0.3, -0.25) is 4.79 Å². The monoisotopic (exact) mass is 323 g/mol. The second-order valence-corrected chi connectivity index (χ2v) is 6.06. The second kappa shape index (κ2) is 6.87. The van der Waals surface area contributed by atoms with Crippen molar-refractivity contribution >= 4 is 33.3 Å². The van der Waals surface area contributed by atoms with Gasteiger partial charge in [0.1, 0.15) is 10.7 Å². The zero-order valence-electron chi connectivity index (χ0n) is 12.7. The molecular weight excluding hydrogens is 305 g/mol. The Labute approximate surface area is 132 Å². The van der Waals surface area contributed by atoms with Crippen LogP contribution in [0.1, 0.15) is 35.5 Å². The minimum atomic E-state index is -0.881. The van der Waals surface area contributed by atoms with Gasteiger partial charge in [-0.2, -0.15) is 0 Å². The summed E-state index contributed by atoms with van der Waals surface area (Å²) >= 11 is 1.17. The molecule has 0 aliphatic heterocycles. The maximum atomic E-state index is 13.8. The molecule has 0 saturated carbocycles. The first-order valence-corrected chi connectivity index (χ1v) is 7.93. The van der Waals surface area contributed by atoms with Crippen LogP contribution in [0, 0.1) is 12.7 Å². The maximum Gasteiger partial charge on any atom is 0.349 e. The molecule has 118 valence electrons. The number of hydrogen-bond donors (Lipinski definition) is 1. The highest BCUT2D eigenvalue weighted by atomic mass is 32.1. The van der Waals surface area contributed by atoms with Crippen LogP contribution in [0.4, 0.5) is 4.39 Å². The number of carbonyl (C=O) groups is 2. The Kier molecular flexibility index (Phi) is 5.13. The van der Waals surface area contributed by atoms with E-state index in [9.17, 15) is 14.0 Å². The number of halogens is 1. The summed E-state index contributed by atoms with van der Waals surface area (Å²) in [5, 5.41) is 3.10. The summed E-state index contributed by atoms with van der Waals surface area (Å²) in [6.07, 6.45) is -0.0744. The van der Waals surface area contributed by atoms with Gasteiger partial charge in [0.25, 0.3) is 5.91 Å². The number of aryl methyl sites for hydroxylation is 1. The number of carbonyl (C=O) groups excluding carboxylic acids is 2. The summed E-state index contributed by atoms with van der Waals surface area (Å²) in [5.41, 5.74) is 0.546. The van der Waals surface area contributed by atoms with Gasteiger partial charge in [-0.25, -0.2) is 9.18 Å². The molecule has 22 heavy (non-hydrogen) atoms. The van der Waals surface area contributed by atoms with Gasteiger partial charge in [0.15, 0.2) is 6.10 Å². The molecule has 0 unspecified atom stereocenters. The number of ether oxygens (including phenoxy) is 1. The number of nitrogens with one attached hydrogen (secondary N) is 1. The van der Waals surface area contributed by atoms with Crippen LogP contribution in [0.3, 0.4) is 0 Å². The SMILES string of the molecule is CCCNC(=O)[C@@H](C)OC(=O)c1sc2cccc(F)c2c1C. The van der Waals surface area contributed by atoms with E-state index in [2.05, 4.69) is 5.32 Å². The molecule has 1 aromatic heterocycles.